The molecular formula is C23H23NO4. The number of ether oxygens (including phenoxy) is 1. The molecule has 0 aliphatic heterocycles. The van der Waals surface area contributed by atoms with E-state index in [1.54, 1.807) is 6.92 Å². The van der Waals surface area contributed by atoms with Gasteiger partial charge in [-0.1, -0.05) is 30.3 Å². The number of esters is 1. The first-order chi connectivity index (χ1) is 13.4. The maximum Gasteiger partial charge on any atom is 0.306 e. The first-order valence-corrected chi connectivity index (χ1v) is 9.30. The normalized spacial score (nSPS) is 10.8. The third kappa shape index (κ3) is 4.03. The molecular weight excluding hydrogens is 354 g/mol. The lowest BCUT2D eigenvalue weighted by Crippen LogP contribution is -2.09. The van der Waals surface area contributed by atoms with Gasteiger partial charge in [-0.25, -0.2) is 4.98 Å². The van der Waals surface area contributed by atoms with Crippen molar-refractivity contribution < 1.29 is 19.4 Å². The summed E-state index contributed by atoms with van der Waals surface area (Å²) in [6.07, 6.45) is -0.0875. The molecule has 5 nitrogen and oxygen atoms in total. The first kappa shape index (κ1) is 19.5. The molecule has 0 radical (unpaired) electrons. The molecule has 144 valence electrons. The fraction of sp³-hybridized carbons (Fsp3) is 0.261. The number of fused-ring (bicyclic) bond motifs is 1. The first-order valence-electron chi connectivity index (χ1n) is 9.30. The highest BCUT2D eigenvalue weighted by Gasteiger charge is 2.17. The van der Waals surface area contributed by atoms with E-state index in [1.165, 1.54) is 6.07 Å². The van der Waals surface area contributed by atoms with Crippen LogP contribution in [0.2, 0.25) is 0 Å². The average Bonchev–Trinajstić information content (AvgIpc) is 2.66. The number of carbonyl (C=O) groups excluding carboxylic acids is 2. The zero-order valence-electron chi connectivity index (χ0n) is 16.3. The molecule has 0 bridgehead atoms. The number of ketones is 1. The Labute approximate surface area is 164 Å². The Morgan fingerprint density at radius 2 is 1.75 bits per heavy atom. The summed E-state index contributed by atoms with van der Waals surface area (Å²) in [4.78, 5) is 28.3. The van der Waals surface area contributed by atoms with Gasteiger partial charge in [0.15, 0.2) is 5.78 Å². The lowest BCUT2D eigenvalue weighted by atomic mass is 9.95. The summed E-state index contributed by atoms with van der Waals surface area (Å²) in [5.74, 6) is -1.00. The summed E-state index contributed by atoms with van der Waals surface area (Å²) in [6, 6.07) is 13.5. The molecule has 5 heteroatoms. The van der Waals surface area contributed by atoms with Crippen molar-refractivity contribution in [2.24, 2.45) is 0 Å². The second-order valence-electron chi connectivity index (χ2n) is 6.76. The Balaban J connectivity index is 1.97. The van der Waals surface area contributed by atoms with Crippen molar-refractivity contribution in [2.45, 2.75) is 33.6 Å². The van der Waals surface area contributed by atoms with Gasteiger partial charge in [0.1, 0.15) is 11.4 Å². The number of benzene rings is 2. The summed E-state index contributed by atoms with van der Waals surface area (Å²) in [5.41, 5.74) is 5.06. The van der Waals surface area contributed by atoms with Crippen LogP contribution in [0.3, 0.4) is 0 Å². The van der Waals surface area contributed by atoms with Crippen LogP contribution in [0.15, 0.2) is 42.5 Å². The van der Waals surface area contributed by atoms with Gasteiger partial charge in [0.05, 0.1) is 18.5 Å². The molecule has 28 heavy (non-hydrogen) atoms. The number of aryl methyl sites for hydroxylation is 2. The number of Topliss-reactive ketones (excluding diaryl/α,β-unsaturated/α-hetero) is 1. The maximum atomic E-state index is 12.5. The van der Waals surface area contributed by atoms with E-state index in [-0.39, 0.29) is 36.7 Å². The van der Waals surface area contributed by atoms with E-state index in [4.69, 9.17) is 4.74 Å². The van der Waals surface area contributed by atoms with Gasteiger partial charge >= 0.3 is 5.97 Å². The second kappa shape index (κ2) is 8.21. The molecule has 0 amide bonds. The average molecular weight is 377 g/mol. The Morgan fingerprint density at radius 1 is 1.04 bits per heavy atom. The molecule has 0 atom stereocenters. The number of hydrogen-bond donors (Lipinski definition) is 1. The highest BCUT2D eigenvalue weighted by atomic mass is 16.5. The molecule has 1 heterocycles. The summed E-state index contributed by atoms with van der Waals surface area (Å²) >= 11 is 0. The van der Waals surface area contributed by atoms with E-state index in [9.17, 15) is 14.7 Å². The zero-order chi connectivity index (χ0) is 20.3. The number of rotatable bonds is 6. The van der Waals surface area contributed by atoms with Gasteiger partial charge in [-0.2, -0.15) is 0 Å². The smallest absolute Gasteiger partial charge is 0.306 e. The van der Waals surface area contributed by atoms with Crippen LogP contribution in [-0.2, 0) is 9.53 Å². The molecule has 1 aromatic heterocycles. The molecule has 3 rings (SSSR count). The van der Waals surface area contributed by atoms with Crippen molar-refractivity contribution in [3.05, 3.63) is 59.3 Å². The van der Waals surface area contributed by atoms with Crippen LogP contribution >= 0.6 is 0 Å². The third-order valence-corrected chi connectivity index (χ3v) is 4.69. The van der Waals surface area contributed by atoms with Crippen LogP contribution in [0.4, 0.5) is 0 Å². The lowest BCUT2D eigenvalue weighted by Gasteiger charge is -2.11. The van der Waals surface area contributed by atoms with Crippen molar-refractivity contribution in [2.75, 3.05) is 6.61 Å². The topological polar surface area (TPSA) is 76.5 Å². The van der Waals surface area contributed by atoms with E-state index < -0.39 is 5.97 Å². The monoisotopic (exact) mass is 377 g/mol. The lowest BCUT2D eigenvalue weighted by molar-refractivity contribution is -0.143. The molecule has 0 saturated heterocycles. The highest BCUT2D eigenvalue weighted by Crippen LogP contribution is 2.31. The minimum absolute atomic E-state index is 0.0181. The molecule has 3 aromatic rings. The molecule has 0 saturated carbocycles. The summed E-state index contributed by atoms with van der Waals surface area (Å²) < 4.78 is 4.84. The number of hydrogen-bond acceptors (Lipinski definition) is 5. The van der Waals surface area contributed by atoms with Gasteiger partial charge in [-0.3, -0.25) is 9.59 Å². The van der Waals surface area contributed by atoms with Crippen LogP contribution in [-0.4, -0.2) is 28.4 Å². The molecule has 1 N–H and O–H groups in total. The van der Waals surface area contributed by atoms with E-state index in [2.05, 4.69) is 31.0 Å². The number of aromatic hydroxyl groups is 1. The Bertz CT molecular complexity index is 1040. The zero-order valence-corrected chi connectivity index (χ0v) is 16.3. The van der Waals surface area contributed by atoms with Crippen LogP contribution in [0, 0.1) is 13.8 Å². The van der Waals surface area contributed by atoms with Gasteiger partial charge in [-0.05, 0) is 55.2 Å². The number of pyridine rings is 1. The molecule has 0 spiro atoms. The van der Waals surface area contributed by atoms with Gasteiger partial charge < -0.3 is 9.84 Å². The quantitative estimate of drug-likeness (QED) is 0.495. The minimum Gasteiger partial charge on any atom is -0.506 e. The highest BCUT2D eigenvalue weighted by molar-refractivity contribution is 6.00. The van der Waals surface area contributed by atoms with Crippen molar-refractivity contribution >= 4 is 22.7 Å². The van der Waals surface area contributed by atoms with E-state index >= 15 is 0 Å². The van der Waals surface area contributed by atoms with Crippen LogP contribution in [0.25, 0.3) is 22.0 Å². The number of carbonyl (C=O) groups is 2. The van der Waals surface area contributed by atoms with Gasteiger partial charge in [0.2, 0.25) is 0 Å². The van der Waals surface area contributed by atoms with Crippen molar-refractivity contribution in [1.82, 2.24) is 4.98 Å². The SMILES string of the molecule is CCOC(=O)CCC(=O)c1nc2cc(-c3c(C)cccc3C)ccc2cc1O. The second-order valence-corrected chi connectivity index (χ2v) is 6.76. The van der Waals surface area contributed by atoms with E-state index in [0.29, 0.717) is 5.52 Å². The number of nitrogens with zero attached hydrogens (tertiary/aromatic N) is 1. The Morgan fingerprint density at radius 3 is 2.43 bits per heavy atom. The molecule has 0 fully saturated rings. The van der Waals surface area contributed by atoms with Crippen LogP contribution < -0.4 is 0 Å². The fourth-order valence-electron chi connectivity index (χ4n) is 3.35. The predicted octanol–water partition coefficient (Wildman–Crippen LogP) is 4.75. The minimum atomic E-state index is -0.437. The largest absolute Gasteiger partial charge is 0.506 e. The fourth-order valence-corrected chi connectivity index (χ4v) is 3.35. The van der Waals surface area contributed by atoms with Crippen LogP contribution in [0.1, 0.15) is 41.4 Å². The molecule has 0 unspecified atom stereocenters. The Hall–Kier alpha value is -3.21. The van der Waals surface area contributed by atoms with Gasteiger partial charge in [0, 0.05) is 11.8 Å². The van der Waals surface area contributed by atoms with Crippen molar-refractivity contribution in [1.29, 1.82) is 0 Å². The predicted molar refractivity (Wildman–Crippen MR) is 109 cm³/mol. The van der Waals surface area contributed by atoms with Crippen molar-refractivity contribution in [3.8, 4) is 16.9 Å². The summed E-state index contributed by atoms with van der Waals surface area (Å²) in [7, 11) is 0. The molecule has 2 aromatic carbocycles. The molecule has 0 aliphatic rings. The van der Waals surface area contributed by atoms with Crippen molar-refractivity contribution in [3.63, 3.8) is 0 Å². The van der Waals surface area contributed by atoms with Crippen LogP contribution in [0.5, 0.6) is 5.75 Å². The number of aromatic nitrogens is 1. The van der Waals surface area contributed by atoms with E-state index in [0.717, 1.165) is 27.6 Å². The maximum absolute atomic E-state index is 12.5. The Kier molecular flexibility index (Phi) is 5.73. The van der Waals surface area contributed by atoms with Gasteiger partial charge in [-0.15, -0.1) is 0 Å². The van der Waals surface area contributed by atoms with Gasteiger partial charge in [0.25, 0.3) is 0 Å². The third-order valence-electron chi connectivity index (χ3n) is 4.69. The van der Waals surface area contributed by atoms with E-state index in [1.807, 2.05) is 24.3 Å². The molecule has 0 aliphatic carbocycles. The standard InChI is InChI=1S/C23H23NO4/c1-4-28-21(27)11-10-19(25)23-20(26)13-16-8-9-17(12-18(16)24-23)22-14(2)6-5-7-15(22)3/h5-9,12-13,26H,4,10-11H2,1-3H3. The summed E-state index contributed by atoms with van der Waals surface area (Å²) in [5, 5.41) is 11.0. The summed E-state index contributed by atoms with van der Waals surface area (Å²) in [6.45, 7) is 6.10.